The average molecular weight is 665 g/mol. The molecule has 0 N–H and O–H groups in total. The van der Waals surface area contributed by atoms with Crippen LogP contribution < -0.4 is 4.90 Å². The minimum absolute atomic E-state index is 0.791. The Hall–Kier alpha value is -6.97. The highest BCUT2D eigenvalue weighted by Gasteiger charge is 2.20. The van der Waals surface area contributed by atoms with E-state index in [0.717, 1.165) is 49.8 Å². The molecular weight excluding hydrogens is 633 g/mol. The third-order valence-electron chi connectivity index (χ3n) is 10.2. The summed E-state index contributed by atoms with van der Waals surface area (Å²) >= 11 is 0. The molecule has 0 aliphatic rings. The SMILES string of the molecule is c1ccc(-c2ccc(N(c3ccc(-c4cccc5ccccc45)c(-c4ccccc4)c3)c3cccc4cc5oc6cnccc6c5cc34)cc2)cc1. The van der Waals surface area contributed by atoms with Crippen LogP contribution in [0.15, 0.2) is 199 Å². The lowest BCUT2D eigenvalue weighted by Gasteiger charge is -2.28. The van der Waals surface area contributed by atoms with Gasteiger partial charge in [-0.15, -0.1) is 0 Å². The minimum Gasteiger partial charge on any atom is -0.454 e. The van der Waals surface area contributed by atoms with Crippen LogP contribution in [0, 0.1) is 0 Å². The molecule has 0 spiro atoms. The van der Waals surface area contributed by atoms with Crippen LogP contribution in [0.5, 0.6) is 0 Å². The van der Waals surface area contributed by atoms with Crippen molar-refractivity contribution in [3.05, 3.63) is 194 Å². The zero-order chi connectivity index (χ0) is 34.4. The second-order valence-electron chi connectivity index (χ2n) is 13.2. The van der Waals surface area contributed by atoms with Gasteiger partial charge in [-0.25, -0.2) is 0 Å². The van der Waals surface area contributed by atoms with Crippen LogP contribution in [0.25, 0.3) is 76.9 Å². The molecule has 2 heterocycles. The molecule has 0 saturated carbocycles. The second-order valence-corrected chi connectivity index (χ2v) is 13.2. The Bertz CT molecular complexity index is 2890. The molecule has 0 saturated heterocycles. The summed E-state index contributed by atoms with van der Waals surface area (Å²) in [5.41, 5.74) is 12.0. The fourth-order valence-electron chi connectivity index (χ4n) is 7.66. The van der Waals surface area contributed by atoms with Crippen molar-refractivity contribution in [2.45, 2.75) is 0 Å². The number of rotatable bonds is 6. The number of anilines is 3. The van der Waals surface area contributed by atoms with Gasteiger partial charge in [-0.3, -0.25) is 4.98 Å². The normalized spacial score (nSPS) is 11.5. The van der Waals surface area contributed by atoms with E-state index in [1.54, 1.807) is 6.20 Å². The number of benzene rings is 8. The summed E-state index contributed by atoms with van der Waals surface area (Å²) in [5.74, 6) is 0. The van der Waals surface area contributed by atoms with Crippen LogP contribution >= 0.6 is 0 Å². The van der Waals surface area contributed by atoms with Gasteiger partial charge in [0.15, 0.2) is 5.58 Å². The van der Waals surface area contributed by atoms with Gasteiger partial charge in [0.1, 0.15) is 5.58 Å². The third-order valence-corrected chi connectivity index (χ3v) is 10.2. The first-order valence-corrected chi connectivity index (χ1v) is 17.6. The number of aromatic nitrogens is 1. The summed E-state index contributed by atoms with van der Waals surface area (Å²) in [6.07, 6.45) is 3.63. The van der Waals surface area contributed by atoms with Crippen molar-refractivity contribution in [1.82, 2.24) is 4.98 Å². The molecule has 0 atom stereocenters. The fraction of sp³-hybridized carbons (Fsp3) is 0. The van der Waals surface area contributed by atoms with Crippen LogP contribution in [0.1, 0.15) is 0 Å². The molecule has 0 fully saturated rings. The van der Waals surface area contributed by atoms with Gasteiger partial charge < -0.3 is 9.32 Å². The Morgan fingerprint density at radius 3 is 1.92 bits per heavy atom. The van der Waals surface area contributed by atoms with Crippen LogP contribution in [0.4, 0.5) is 17.1 Å². The highest BCUT2D eigenvalue weighted by atomic mass is 16.3. The van der Waals surface area contributed by atoms with Crippen LogP contribution in [0.3, 0.4) is 0 Å². The molecule has 0 aliphatic heterocycles. The Balaban J connectivity index is 1.22. The maximum atomic E-state index is 6.26. The Labute approximate surface area is 301 Å². The number of fused-ring (bicyclic) bond motifs is 5. The summed E-state index contributed by atoms with van der Waals surface area (Å²) in [6, 6.07) is 65.4. The largest absolute Gasteiger partial charge is 0.454 e. The molecule has 10 rings (SSSR count). The van der Waals surface area contributed by atoms with E-state index in [0.29, 0.717) is 0 Å². The predicted octanol–water partition coefficient (Wildman–Crippen LogP) is 13.8. The predicted molar refractivity (Wildman–Crippen MR) is 218 cm³/mol. The number of nitrogens with zero attached hydrogens (tertiary/aromatic N) is 2. The highest BCUT2D eigenvalue weighted by molar-refractivity contribution is 6.13. The molecule has 0 unspecified atom stereocenters. The van der Waals surface area contributed by atoms with Crippen molar-refractivity contribution in [2.75, 3.05) is 4.90 Å². The van der Waals surface area contributed by atoms with Crippen molar-refractivity contribution in [2.24, 2.45) is 0 Å². The molecule has 244 valence electrons. The third kappa shape index (κ3) is 5.10. The summed E-state index contributed by atoms with van der Waals surface area (Å²) in [4.78, 5) is 6.70. The molecule has 0 aliphatic carbocycles. The van der Waals surface area contributed by atoms with Crippen molar-refractivity contribution < 1.29 is 4.42 Å². The molecule has 0 radical (unpaired) electrons. The van der Waals surface area contributed by atoms with Crippen molar-refractivity contribution in [3.8, 4) is 33.4 Å². The lowest BCUT2D eigenvalue weighted by atomic mass is 9.90. The zero-order valence-corrected chi connectivity index (χ0v) is 28.3. The van der Waals surface area contributed by atoms with E-state index in [2.05, 4.69) is 186 Å². The quantitative estimate of drug-likeness (QED) is 0.177. The minimum atomic E-state index is 0.791. The van der Waals surface area contributed by atoms with Crippen LogP contribution in [-0.2, 0) is 0 Å². The summed E-state index contributed by atoms with van der Waals surface area (Å²) < 4.78 is 6.26. The van der Waals surface area contributed by atoms with Crippen molar-refractivity contribution in [1.29, 1.82) is 0 Å². The molecule has 0 amide bonds. The van der Waals surface area contributed by atoms with Gasteiger partial charge >= 0.3 is 0 Å². The van der Waals surface area contributed by atoms with Gasteiger partial charge in [-0.2, -0.15) is 0 Å². The molecule has 2 aromatic heterocycles. The standard InChI is InChI=1S/C49H32N2O/c1-3-11-33(12-4-1)34-21-23-38(24-22-34)51(47-20-10-17-37-29-48-46(31-45(37)47)43-27-28-50-32-49(43)52-48)39-25-26-42(44(30-39)36-13-5-2-6-14-36)41-19-9-16-35-15-7-8-18-40(35)41/h1-32H. The van der Waals surface area contributed by atoms with Crippen molar-refractivity contribution in [3.63, 3.8) is 0 Å². The molecule has 52 heavy (non-hydrogen) atoms. The zero-order valence-electron chi connectivity index (χ0n) is 28.3. The molecule has 10 aromatic rings. The average Bonchev–Trinajstić information content (AvgIpc) is 3.58. The van der Waals surface area contributed by atoms with Gasteiger partial charge in [0.2, 0.25) is 0 Å². The number of pyridine rings is 1. The van der Waals surface area contributed by atoms with E-state index in [1.807, 2.05) is 12.3 Å². The topological polar surface area (TPSA) is 29.3 Å². The van der Waals surface area contributed by atoms with Gasteiger partial charge in [-0.05, 0) is 98.1 Å². The summed E-state index contributed by atoms with van der Waals surface area (Å²) in [5, 5.41) is 6.86. The highest BCUT2D eigenvalue weighted by Crippen LogP contribution is 2.45. The van der Waals surface area contributed by atoms with E-state index in [-0.39, 0.29) is 0 Å². The van der Waals surface area contributed by atoms with Gasteiger partial charge in [0, 0.05) is 33.7 Å². The molecule has 8 aromatic carbocycles. The first-order valence-electron chi connectivity index (χ1n) is 17.6. The lowest BCUT2D eigenvalue weighted by Crippen LogP contribution is -2.11. The van der Waals surface area contributed by atoms with Crippen molar-refractivity contribution >= 4 is 60.5 Å². The second kappa shape index (κ2) is 12.4. The monoisotopic (exact) mass is 664 g/mol. The molecule has 3 heteroatoms. The van der Waals surface area contributed by atoms with Gasteiger partial charge in [0.25, 0.3) is 0 Å². The summed E-state index contributed by atoms with van der Waals surface area (Å²) in [6.45, 7) is 0. The van der Waals surface area contributed by atoms with Gasteiger partial charge in [0.05, 0.1) is 11.9 Å². The summed E-state index contributed by atoms with van der Waals surface area (Å²) in [7, 11) is 0. The maximum Gasteiger partial charge on any atom is 0.153 e. The van der Waals surface area contributed by atoms with Crippen LogP contribution in [0.2, 0.25) is 0 Å². The fourth-order valence-corrected chi connectivity index (χ4v) is 7.66. The Morgan fingerprint density at radius 1 is 0.385 bits per heavy atom. The smallest absolute Gasteiger partial charge is 0.153 e. The first kappa shape index (κ1) is 29.9. The number of hydrogen-bond acceptors (Lipinski definition) is 3. The maximum absolute atomic E-state index is 6.26. The Morgan fingerprint density at radius 2 is 1.08 bits per heavy atom. The van der Waals surface area contributed by atoms with Crippen LogP contribution in [-0.4, -0.2) is 4.98 Å². The van der Waals surface area contributed by atoms with E-state index in [1.165, 1.54) is 44.2 Å². The van der Waals surface area contributed by atoms with E-state index in [4.69, 9.17) is 4.42 Å². The van der Waals surface area contributed by atoms with E-state index < -0.39 is 0 Å². The lowest BCUT2D eigenvalue weighted by molar-refractivity contribution is 0.667. The van der Waals surface area contributed by atoms with E-state index in [9.17, 15) is 0 Å². The Kier molecular flexibility index (Phi) is 7.14. The number of hydrogen-bond donors (Lipinski definition) is 0. The molecule has 3 nitrogen and oxygen atoms in total. The van der Waals surface area contributed by atoms with Gasteiger partial charge in [-0.1, -0.05) is 133 Å². The molecular formula is C49H32N2O. The first-order chi connectivity index (χ1) is 25.8. The molecule has 0 bridgehead atoms. The van der Waals surface area contributed by atoms with E-state index >= 15 is 0 Å². The number of furan rings is 1.